The van der Waals surface area contributed by atoms with Gasteiger partial charge in [-0.3, -0.25) is 19.7 Å². The van der Waals surface area contributed by atoms with Crippen LogP contribution in [0.3, 0.4) is 0 Å². The van der Waals surface area contributed by atoms with Gasteiger partial charge in [0.25, 0.3) is 5.91 Å². The van der Waals surface area contributed by atoms with Gasteiger partial charge < -0.3 is 9.32 Å². The van der Waals surface area contributed by atoms with Crippen LogP contribution in [0.1, 0.15) is 46.1 Å². The van der Waals surface area contributed by atoms with Crippen molar-refractivity contribution in [2.24, 2.45) is 0 Å². The summed E-state index contributed by atoms with van der Waals surface area (Å²) in [5, 5.41) is 2.26. The summed E-state index contributed by atoms with van der Waals surface area (Å²) in [6.07, 6.45) is 0.503. The first-order valence-corrected chi connectivity index (χ1v) is 9.39. The number of oxazole rings is 1. The molecule has 2 aliphatic heterocycles. The Bertz CT molecular complexity index is 1240. The fraction of sp³-hybridized carbons (Fsp3) is 0.238. The molecule has 1 aromatic heterocycles. The Hall–Kier alpha value is -3.62. The van der Waals surface area contributed by atoms with Crippen LogP contribution in [0, 0.1) is 11.6 Å². The number of nitrogens with zero attached hydrogens (tertiary/aromatic N) is 2. The average Bonchev–Trinajstić information content (AvgIpc) is 3.30. The predicted octanol–water partition coefficient (Wildman–Crippen LogP) is 2.78. The van der Waals surface area contributed by atoms with Gasteiger partial charge in [-0.1, -0.05) is 0 Å². The molecule has 3 aromatic rings. The number of fused-ring (bicyclic) bond motifs is 2. The summed E-state index contributed by atoms with van der Waals surface area (Å²) in [6.45, 7) is 0.162. The molecule has 1 atom stereocenters. The summed E-state index contributed by atoms with van der Waals surface area (Å²) < 4.78 is 33.1. The van der Waals surface area contributed by atoms with Gasteiger partial charge in [0.05, 0.1) is 0 Å². The lowest BCUT2D eigenvalue weighted by Gasteiger charge is -2.17. The molecular formula is C21H15F2N3O4. The Labute approximate surface area is 168 Å². The van der Waals surface area contributed by atoms with Crippen molar-refractivity contribution in [3.05, 3.63) is 64.5 Å². The third-order valence-electron chi connectivity index (χ3n) is 5.44. The van der Waals surface area contributed by atoms with E-state index in [1.807, 2.05) is 0 Å². The second-order valence-electron chi connectivity index (χ2n) is 7.42. The van der Waals surface area contributed by atoms with Gasteiger partial charge in [-0.25, -0.2) is 13.8 Å². The molecule has 1 unspecified atom stereocenters. The average molecular weight is 411 g/mol. The summed E-state index contributed by atoms with van der Waals surface area (Å²) in [4.78, 5) is 42.0. The fourth-order valence-corrected chi connectivity index (χ4v) is 3.91. The maximum absolute atomic E-state index is 14.0. The molecule has 30 heavy (non-hydrogen) atoms. The molecule has 5 rings (SSSR count). The Kier molecular flexibility index (Phi) is 4.12. The van der Waals surface area contributed by atoms with Gasteiger partial charge in [-0.2, -0.15) is 0 Å². The number of imide groups is 1. The molecule has 9 heteroatoms. The van der Waals surface area contributed by atoms with Crippen LogP contribution < -0.4 is 5.32 Å². The minimum Gasteiger partial charge on any atom is -0.440 e. The smallest absolute Gasteiger partial charge is 0.254 e. The lowest BCUT2D eigenvalue weighted by molar-refractivity contribution is -0.134. The van der Waals surface area contributed by atoms with Crippen LogP contribution in [0.5, 0.6) is 0 Å². The van der Waals surface area contributed by atoms with E-state index in [2.05, 4.69) is 10.3 Å². The minimum atomic E-state index is -0.676. The van der Waals surface area contributed by atoms with E-state index in [4.69, 9.17) is 4.42 Å². The summed E-state index contributed by atoms with van der Waals surface area (Å²) >= 11 is 0. The third-order valence-corrected chi connectivity index (χ3v) is 5.44. The third kappa shape index (κ3) is 3.02. The van der Waals surface area contributed by atoms with Gasteiger partial charge in [0.1, 0.15) is 23.1 Å². The van der Waals surface area contributed by atoms with E-state index in [0.717, 1.165) is 6.07 Å². The van der Waals surface area contributed by atoms with Crippen molar-refractivity contribution >= 4 is 28.8 Å². The van der Waals surface area contributed by atoms with E-state index in [1.54, 1.807) is 12.1 Å². The van der Waals surface area contributed by atoms with E-state index >= 15 is 0 Å². The summed E-state index contributed by atoms with van der Waals surface area (Å²) in [5.41, 5.74) is 1.87. The zero-order valence-electron chi connectivity index (χ0n) is 15.6. The molecule has 0 spiro atoms. The molecule has 1 saturated heterocycles. The Morgan fingerprint density at radius 1 is 1.17 bits per heavy atom. The van der Waals surface area contributed by atoms with Crippen molar-refractivity contribution < 1.29 is 27.6 Å². The van der Waals surface area contributed by atoms with Crippen molar-refractivity contribution in [2.75, 3.05) is 0 Å². The van der Waals surface area contributed by atoms with E-state index in [9.17, 15) is 23.2 Å². The zero-order chi connectivity index (χ0) is 21.0. The molecule has 0 aliphatic carbocycles. The Morgan fingerprint density at radius 3 is 2.80 bits per heavy atom. The number of carbonyl (C=O) groups is 3. The number of carbonyl (C=O) groups excluding carboxylic acids is 3. The van der Waals surface area contributed by atoms with Crippen LogP contribution >= 0.6 is 0 Å². The molecule has 1 N–H and O–H groups in total. The van der Waals surface area contributed by atoms with Crippen molar-refractivity contribution in [1.82, 2.24) is 15.2 Å². The SMILES string of the molecule is O=C1CCC(c2nc3ccc(C(=O)N4Cc5cc(F)cc(F)c5C4)cc3o2)C(=O)N1. The highest BCUT2D eigenvalue weighted by atomic mass is 19.1. The molecule has 152 valence electrons. The monoisotopic (exact) mass is 411 g/mol. The Balaban J connectivity index is 1.40. The Morgan fingerprint density at radius 2 is 2.00 bits per heavy atom. The molecule has 3 heterocycles. The number of aromatic nitrogens is 1. The molecule has 0 bridgehead atoms. The normalized spacial score (nSPS) is 18.6. The van der Waals surface area contributed by atoms with Gasteiger partial charge in [0.2, 0.25) is 17.7 Å². The second-order valence-corrected chi connectivity index (χ2v) is 7.42. The van der Waals surface area contributed by atoms with Gasteiger partial charge in [0.15, 0.2) is 5.58 Å². The number of benzene rings is 2. The standard InChI is InChI=1S/C21H15F2N3O4/c22-12-5-11-8-26(9-14(11)15(23)7-12)21(29)10-1-3-16-17(6-10)30-20(24-16)13-2-4-18(27)25-19(13)28/h1,3,5-7,13H,2,4,8-9H2,(H,25,27,28). The number of hydrogen-bond acceptors (Lipinski definition) is 5. The molecule has 3 amide bonds. The van der Waals surface area contributed by atoms with Crippen molar-refractivity contribution in [3.63, 3.8) is 0 Å². The molecule has 2 aromatic carbocycles. The molecule has 0 radical (unpaired) electrons. The van der Waals surface area contributed by atoms with Crippen LogP contribution in [0.15, 0.2) is 34.7 Å². The lowest BCUT2D eigenvalue weighted by Crippen LogP contribution is -2.39. The largest absolute Gasteiger partial charge is 0.440 e. The first kappa shape index (κ1) is 18.4. The van der Waals surface area contributed by atoms with Crippen LogP contribution in [0.2, 0.25) is 0 Å². The van der Waals surface area contributed by atoms with Crippen molar-refractivity contribution in [1.29, 1.82) is 0 Å². The molecule has 2 aliphatic rings. The van der Waals surface area contributed by atoms with E-state index in [-0.39, 0.29) is 37.2 Å². The van der Waals surface area contributed by atoms with Gasteiger partial charge in [-0.05, 0) is 36.2 Å². The number of halogens is 2. The van der Waals surface area contributed by atoms with Crippen molar-refractivity contribution in [2.45, 2.75) is 31.8 Å². The van der Waals surface area contributed by atoms with Gasteiger partial charge in [0, 0.05) is 36.7 Å². The molecular weight excluding hydrogens is 396 g/mol. The first-order chi connectivity index (χ1) is 14.4. The van der Waals surface area contributed by atoms with E-state index in [1.165, 1.54) is 17.0 Å². The zero-order valence-corrected chi connectivity index (χ0v) is 15.6. The number of amides is 3. The number of hydrogen-bond donors (Lipinski definition) is 1. The maximum atomic E-state index is 14.0. The van der Waals surface area contributed by atoms with Crippen molar-refractivity contribution in [3.8, 4) is 0 Å². The molecule has 7 nitrogen and oxygen atoms in total. The summed E-state index contributed by atoms with van der Waals surface area (Å²) in [7, 11) is 0. The van der Waals surface area contributed by atoms with E-state index < -0.39 is 23.5 Å². The number of nitrogens with one attached hydrogen (secondary N) is 1. The number of piperidine rings is 1. The highest BCUT2D eigenvalue weighted by molar-refractivity contribution is 6.01. The van der Waals surface area contributed by atoms with Gasteiger partial charge in [-0.15, -0.1) is 0 Å². The van der Waals surface area contributed by atoms with E-state index in [0.29, 0.717) is 34.2 Å². The highest BCUT2D eigenvalue weighted by Crippen LogP contribution is 2.30. The maximum Gasteiger partial charge on any atom is 0.254 e. The molecule has 0 saturated carbocycles. The van der Waals surface area contributed by atoms with Crippen LogP contribution in [-0.4, -0.2) is 27.6 Å². The topological polar surface area (TPSA) is 92.5 Å². The van der Waals surface area contributed by atoms with Crippen LogP contribution in [-0.2, 0) is 22.7 Å². The summed E-state index contributed by atoms with van der Waals surface area (Å²) in [5.74, 6) is -2.97. The van der Waals surface area contributed by atoms with Gasteiger partial charge >= 0.3 is 0 Å². The predicted molar refractivity (Wildman–Crippen MR) is 99.1 cm³/mol. The summed E-state index contributed by atoms with van der Waals surface area (Å²) in [6, 6.07) is 6.73. The van der Waals surface area contributed by atoms with Crippen LogP contribution in [0.4, 0.5) is 8.78 Å². The second kappa shape index (κ2) is 6.72. The van der Waals surface area contributed by atoms with Crippen LogP contribution in [0.25, 0.3) is 11.1 Å². The highest BCUT2D eigenvalue weighted by Gasteiger charge is 2.32. The minimum absolute atomic E-state index is 0.0518. The quantitative estimate of drug-likeness (QED) is 0.655. The fourth-order valence-electron chi connectivity index (χ4n) is 3.91. The first-order valence-electron chi connectivity index (χ1n) is 9.39. The lowest BCUT2D eigenvalue weighted by atomic mass is 9.98. The number of rotatable bonds is 2. The molecule has 1 fully saturated rings.